The van der Waals surface area contributed by atoms with Crippen LogP contribution >= 0.6 is 15.9 Å². The highest BCUT2D eigenvalue weighted by Gasteiger charge is 2.29. The fraction of sp³-hybridized carbons (Fsp3) is 0.588. The van der Waals surface area contributed by atoms with Gasteiger partial charge >= 0.3 is 0 Å². The number of nitrogens with zero attached hydrogens (tertiary/aromatic N) is 2. The Balaban J connectivity index is 1.87. The zero-order valence-electron chi connectivity index (χ0n) is 13.9. The monoisotopic (exact) mass is 414 g/mol. The Morgan fingerprint density at radius 2 is 1.75 bits per heavy atom. The summed E-state index contributed by atoms with van der Waals surface area (Å²) in [6, 6.07) is 4.77. The van der Waals surface area contributed by atoms with Crippen molar-refractivity contribution in [2.75, 3.05) is 26.2 Å². The van der Waals surface area contributed by atoms with Crippen molar-refractivity contribution in [3.05, 3.63) is 28.2 Å². The molecule has 0 unspecified atom stereocenters. The van der Waals surface area contributed by atoms with Crippen LogP contribution < -0.4 is 0 Å². The third kappa shape index (κ3) is 3.53. The molecule has 0 spiro atoms. The minimum absolute atomic E-state index is 0.0905. The van der Waals surface area contributed by atoms with Crippen molar-refractivity contribution in [3.8, 4) is 0 Å². The highest BCUT2D eigenvalue weighted by Crippen LogP contribution is 2.27. The van der Waals surface area contributed by atoms with E-state index in [-0.39, 0.29) is 10.8 Å². The first-order chi connectivity index (χ1) is 11.4. The van der Waals surface area contributed by atoms with E-state index in [1.165, 1.54) is 10.4 Å². The molecule has 1 aromatic rings. The summed E-state index contributed by atoms with van der Waals surface area (Å²) in [7, 11) is -3.51. The highest BCUT2D eigenvalue weighted by atomic mass is 79.9. The molecule has 24 heavy (non-hydrogen) atoms. The van der Waals surface area contributed by atoms with Gasteiger partial charge in [-0.3, -0.25) is 4.79 Å². The Kier molecular flexibility index (Phi) is 5.32. The third-order valence-corrected chi connectivity index (χ3v) is 7.53. The van der Waals surface area contributed by atoms with Crippen molar-refractivity contribution in [2.45, 2.75) is 37.5 Å². The van der Waals surface area contributed by atoms with Crippen LogP contribution in [0.2, 0.25) is 0 Å². The summed E-state index contributed by atoms with van der Waals surface area (Å²) in [5.41, 5.74) is 0.435. The maximum Gasteiger partial charge on any atom is 0.255 e. The molecule has 132 valence electrons. The summed E-state index contributed by atoms with van der Waals surface area (Å²) >= 11 is 3.40. The van der Waals surface area contributed by atoms with Crippen LogP contribution in [0.5, 0.6) is 0 Å². The topological polar surface area (TPSA) is 57.7 Å². The van der Waals surface area contributed by atoms with Crippen LogP contribution in [0.3, 0.4) is 0 Å². The second-order valence-electron chi connectivity index (χ2n) is 6.73. The predicted octanol–water partition coefficient (Wildman–Crippen LogP) is 3.11. The standard InChI is InChI=1S/C17H23BrN2O3S/c1-13-6-10-19(11-7-13)17(21)15-12-14(4-5-16(15)18)24(22,23)20-8-2-3-9-20/h4-5,12-13H,2-3,6-11H2,1H3. The summed E-state index contributed by atoms with van der Waals surface area (Å²) in [5.74, 6) is 0.548. The molecule has 2 saturated heterocycles. The number of rotatable bonds is 3. The fourth-order valence-electron chi connectivity index (χ4n) is 3.29. The molecule has 2 aliphatic heterocycles. The average Bonchev–Trinajstić information content (AvgIpc) is 3.10. The van der Waals surface area contributed by atoms with Crippen molar-refractivity contribution in [1.29, 1.82) is 0 Å². The number of amides is 1. The van der Waals surface area contributed by atoms with Crippen LogP contribution in [-0.4, -0.2) is 49.7 Å². The van der Waals surface area contributed by atoms with Crippen molar-refractivity contribution in [3.63, 3.8) is 0 Å². The molecule has 1 aromatic carbocycles. The van der Waals surface area contributed by atoms with Gasteiger partial charge in [0, 0.05) is 30.7 Å². The minimum Gasteiger partial charge on any atom is -0.339 e. The van der Waals surface area contributed by atoms with Crippen LogP contribution in [0.25, 0.3) is 0 Å². The number of likely N-dealkylation sites (tertiary alicyclic amines) is 1. The largest absolute Gasteiger partial charge is 0.339 e. The number of carbonyl (C=O) groups is 1. The molecule has 0 radical (unpaired) electrons. The van der Waals surface area contributed by atoms with E-state index in [9.17, 15) is 13.2 Å². The lowest BCUT2D eigenvalue weighted by Gasteiger charge is -2.30. The lowest BCUT2D eigenvalue weighted by atomic mass is 9.98. The summed E-state index contributed by atoms with van der Waals surface area (Å²) in [6.45, 7) is 4.78. The molecule has 1 amide bonds. The normalized spacial score (nSPS) is 20.5. The molecule has 2 heterocycles. The Bertz CT molecular complexity index is 721. The first-order valence-corrected chi connectivity index (χ1v) is 10.7. The first-order valence-electron chi connectivity index (χ1n) is 8.48. The third-order valence-electron chi connectivity index (χ3n) is 4.94. The number of hydrogen-bond acceptors (Lipinski definition) is 3. The lowest BCUT2D eigenvalue weighted by Crippen LogP contribution is -2.38. The summed E-state index contributed by atoms with van der Waals surface area (Å²) in [5, 5.41) is 0. The second-order valence-corrected chi connectivity index (χ2v) is 9.52. The van der Waals surface area contributed by atoms with Gasteiger partial charge in [-0.1, -0.05) is 6.92 Å². The maximum absolute atomic E-state index is 12.8. The van der Waals surface area contributed by atoms with Gasteiger partial charge in [0.05, 0.1) is 10.5 Å². The number of benzene rings is 1. The average molecular weight is 415 g/mol. The van der Waals surface area contributed by atoms with Crippen molar-refractivity contribution >= 4 is 31.9 Å². The molecule has 7 heteroatoms. The van der Waals surface area contributed by atoms with E-state index >= 15 is 0 Å². The van der Waals surface area contributed by atoms with Gasteiger partial charge in [-0.2, -0.15) is 4.31 Å². The van der Waals surface area contributed by atoms with Gasteiger partial charge in [0.15, 0.2) is 0 Å². The van der Waals surface area contributed by atoms with Crippen LogP contribution in [0, 0.1) is 5.92 Å². The highest BCUT2D eigenvalue weighted by molar-refractivity contribution is 9.10. The lowest BCUT2D eigenvalue weighted by molar-refractivity contribution is 0.0696. The molecule has 0 atom stereocenters. The molecule has 0 N–H and O–H groups in total. The molecule has 0 bridgehead atoms. The SMILES string of the molecule is CC1CCN(C(=O)c2cc(S(=O)(=O)N3CCCC3)ccc2Br)CC1. The van der Waals surface area contributed by atoms with Crippen LogP contribution in [0.1, 0.15) is 43.0 Å². The van der Waals surface area contributed by atoms with Gasteiger partial charge in [-0.15, -0.1) is 0 Å². The van der Waals surface area contributed by atoms with E-state index in [1.807, 2.05) is 4.90 Å². The van der Waals surface area contributed by atoms with Gasteiger partial charge in [-0.25, -0.2) is 8.42 Å². The van der Waals surface area contributed by atoms with E-state index in [0.717, 1.165) is 38.8 Å². The number of carbonyl (C=O) groups excluding carboxylic acids is 1. The van der Waals surface area contributed by atoms with Gasteiger partial charge in [0.25, 0.3) is 5.91 Å². The van der Waals surface area contributed by atoms with E-state index in [0.29, 0.717) is 29.0 Å². The molecular formula is C17H23BrN2O3S. The zero-order chi connectivity index (χ0) is 17.3. The minimum atomic E-state index is -3.51. The molecule has 0 aromatic heterocycles. The molecule has 2 fully saturated rings. The number of sulfonamides is 1. The fourth-order valence-corrected chi connectivity index (χ4v) is 5.25. The number of halogens is 1. The van der Waals surface area contributed by atoms with Gasteiger partial charge in [0.1, 0.15) is 0 Å². The molecule has 0 saturated carbocycles. The zero-order valence-corrected chi connectivity index (χ0v) is 16.3. The van der Waals surface area contributed by atoms with Crippen LogP contribution in [0.4, 0.5) is 0 Å². The molecule has 0 aliphatic carbocycles. The van der Waals surface area contributed by atoms with E-state index in [2.05, 4.69) is 22.9 Å². The van der Waals surface area contributed by atoms with E-state index in [1.54, 1.807) is 12.1 Å². The van der Waals surface area contributed by atoms with Crippen molar-refractivity contribution < 1.29 is 13.2 Å². The Labute approximate surface area is 152 Å². The maximum atomic E-state index is 12.8. The summed E-state index contributed by atoms with van der Waals surface area (Å²) in [4.78, 5) is 14.9. The first kappa shape index (κ1) is 17.9. The Morgan fingerprint density at radius 1 is 1.12 bits per heavy atom. The van der Waals surface area contributed by atoms with Gasteiger partial charge in [0.2, 0.25) is 10.0 Å². The Hall–Kier alpha value is -0.920. The van der Waals surface area contributed by atoms with Crippen molar-refractivity contribution in [1.82, 2.24) is 9.21 Å². The summed E-state index contributed by atoms with van der Waals surface area (Å²) < 4.78 is 27.6. The second kappa shape index (κ2) is 7.14. The van der Waals surface area contributed by atoms with Crippen LogP contribution in [-0.2, 0) is 10.0 Å². The smallest absolute Gasteiger partial charge is 0.255 e. The molecule has 5 nitrogen and oxygen atoms in total. The molecule has 3 rings (SSSR count). The number of hydrogen-bond donors (Lipinski definition) is 0. The van der Waals surface area contributed by atoms with E-state index < -0.39 is 10.0 Å². The molecule has 2 aliphatic rings. The molecular weight excluding hydrogens is 392 g/mol. The predicted molar refractivity (Wildman–Crippen MR) is 96.4 cm³/mol. The van der Waals surface area contributed by atoms with Crippen LogP contribution in [0.15, 0.2) is 27.6 Å². The number of piperidine rings is 1. The summed E-state index contributed by atoms with van der Waals surface area (Å²) in [6.07, 6.45) is 3.78. The van der Waals surface area contributed by atoms with Gasteiger partial charge < -0.3 is 4.90 Å². The van der Waals surface area contributed by atoms with E-state index in [4.69, 9.17) is 0 Å². The van der Waals surface area contributed by atoms with Gasteiger partial charge in [-0.05, 0) is 65.7 Å². The van der Waals surface area contributed by atoms with Crippen molar-refractivity contribution in [2.24, 2.45) is 5.92 Å². The quantitative estimate of drug-likeness (QED) is 0.763. The Morgan fingerprint density at radius 3 is 2.38 bits per heavy atom.